The van der Waals surface area contributed by atoms with Gasteiger partial charge in [-0.3, -0.25) is 4.79 Å². The number of hydrogen-bond acceptors (Lipinski definition) is 4. The molecular formula is C28H25ClN2O3. The Balaban J connectivity index is 1.45. The first-order chi connectivity index (χ1) is 16.5. The molecule has 0 unspecified atom stereocenters. The maximum Gasteiger partial charge on any atom is 0.229 e. The highest BCUT2D eigenvalue weighted by Gasteiger charge is 2.32. The van der Waals surface area contributed by atoms with Gasteiger partial charge in [-0.05, 0) is 60.4 Å². The Morgan fingerprint density at radius 3 is 2.71 bits per heavy atom. The molecule has 0 fully saturated rings. The molecule has 0 spiro atoms. The Hall–Kier alpha value is -3.57. The molecule has 1 aromatic heterocycles. The second kappa shape index (κ2) is 9.35. The number of amides is 1. The van der Waals surface area contributed by atoms with E-state index in [-0.39, 0.29) is 18.4 Å². The summed E-state index contributed by atoms with van der Waals surface area (Å²) in [6.07, 6.45) is 0.990. The molecule has 172 valence electrons. The predicted molar refractivity (Wildman–Crippen MR) is 132 cm³/mol. The second-order valence-electron chi connectivity index (χ2n) is 8.42. The molecule has 34 heavy (non-hydrogen) atoms. The Labute approximate surface area is 204 Å². The number of aromatic nitrogens is 1. The SMILES string of the molecule is COc1cccc(-c2nc(CC(=O)N3CCc4ccccc4[C@H]3c3ccc(Cl)cc3)c(C)o2)c1. The summed E-state index contributed by atoms with van der Waals surface area (Å²) in [5.41, 5.74) is 4.92. The van der Waals surface area contributed by atoms with Gasteiger partial charge in [0.05, 0.1) is 25.3 Å². The number of hydrogen-bond donors (Lipinski definition) is 0. The quantitative estimate of drug-likeness (QED) is 0.356. The number of carbonyl (C=O) groups is 1. The molecule has 4 aromatic rings. The number of fused-ring (bicyclic) bond motifs is 1. The molecule has 1 atom stereocenters. The van der Waals surface area contributed by atoms with Crippen molar-refractivity contribution in [2.75, 3.05) is 13.7 Å². The van der Waals surface area contributed by atoms with Gasteiger partial charge in [-0.1, -0.05) is 54.1 Å². The van der Waals surface area contributed by atoms with Crippen molar-refractivity contribution in [2.45, 2.75) is 25.8 Å². The monoisotopic (exact) mass is 472 g/mol. The first-order valence-corrected chi connectivity index (χ1v) is 11.6. The Bertz CT molecular complexity index is 1330. The summed E-state index contributed by atoms with van der Waals surface area (Å²) < 4.78 is 11.2. The van der Waals surface area contributed by atoms with Crippen molar-refractivity contribution in [1.29, 1.82) is 0 Å². The van der Waals surface area contributed by atoms with Crippen molar-refractivity contribution in [1.82, 2.24) is 9.88 Å². The van der Waals surface area contributed by atoms with E-state index in [9.17, 15) is 4.79 Å². The number of benzene rings is 3. The molecule has 3 aromatic carbocycles. The molecule has 1 amide bonds. The molecule has 5 nitrogen and oxygen atoms in total. The van der Waals surface area contributed by atoms with E-state index in [1.165, 1.54) is 5.56 Å². The van der Waals surface area contributed by atoms with E-state index in [1.807, 2.05) is 72.5 Å². The number of aryl methyl sites for hydroxylation is 1. The Kier molecular flexibility index (Phi) is 6.12. The van der Waals surface area contributed by atoms with Gasteiger partial charge >= 0.3 is 0 Å². The van der Waals surface area contributed by atoms with Crippen molar-refractivity contribution in [3.63, 3.8) is 0 Å². The van der Waals surface area contributed by atoms with Crippen LogP contribution in [-0.4, -0.2) is 29.4 Å². The van der Waals surface area contributed by atoms with Crippen LogP contribution < -0.4 is 4.74 Å². The summed E-state index contributed by atoms with van der Waals surface area (Å²) in [5, 5.41) is 0.675. The van der Waals surface area contributed by atoms with Crippen molar-refractivity contribution in [3.8, 4) is 17.2 Å². The Morgan fingerprint density at radius 2 is 1.91 bits per heavy atom. The normalized spacial score (nSPS) is 15.1. The lowest BCUT2D eigenvalue weighted by molar-refractivity contribution is -0.132. The number of ether oxygens (including phenoxy) is 1. The van der Waals surface area contributed by atoms with Crippen LogP contribution in [0.15, 0.2) is 77.2 Å². The minimum absolute atomic E-state index is 0.0167. The molecular weight excluding hydrogens is 448 g/mol. The average Bonchev–Trinajstić information content (AvgIpc) is 3.24. The van der Waals surface area contributed by atoms with E-state index in [2.05, 4.69) is 17.1 Å². The zero-order valence-corrected chi connectivity index (χ0v) is 19.9. The summed E-state index contributed by atoms with van der Waals surface area (Å²) in [5.74, 6) is 1.87. The van der Waals surface area contributed by atoms with Crippen LogP contribution in [0.1, 0.15) is 34.2 Å². The number of nitrogens with zero attached hydrogens (tertiary/aromatic N) is 2. The fraction of sp³-hybridized carbons (Fsp3) is 0.214. The zero-order chi connectivity index (χ0) is 23.7. The van der Waals surface area contributed by atoms with Gasteiger partial charge in [0.25, 0.3) is 0 Å². The van der Waals surface area contributed by atoms with Gasteiger partial charge in [-0.25, -0.2) is 4.98 Å². The van der Waals surface area contributed by atoms with Crippen LogP contribution in [0.5, 0.6) is 5.75 Å². The van der Waals surface area contributed by atoms with Crippen molar-refractivity contribution < 1.29 is 13.9 Å². The number of halogens is 1. The number of methoxy groups -OCH3 is 1. The summed E-state index contributed by atoms with van der Waals surface area (Å²) in [6, 6.07) is 23.4. The third-order valence-electron chi connectivity index (χ3n) is 6.32. The molecule has 1 aliphatic heterocycles. The number of oxazole rings is 1. The van der Waals surface area contributed by atoms with Gasteiger partial charge in [-0.2, -0.15) is 0 Å². The topological polar surface area (TPSA) is 55.6 Å². The summed E-state index contributed by atoms with van der Waals surface area (Å²) >= 11 is 6.14. The summed E-state index contributed by atoms with van der Waals surface area (Å²) in [7, 11) is 1.62. The highest BCUT2D eigenvalue weighted by atomic mass is 35.5. The van der Waals surface area contributed by atoms with Crippen LogP contribution in [0.25, 0.3) is 11.5 Å². The molecule has 0 N–H and O–H groups in total. The van der Waals surface area contributed by atoms with Gasteiger partial charge in [0.2, 0.25) is 11.8 Å². The summed E-state index contributed by atoms with van der Waals surface area (Å²) in [4.78, 5) is 20.2. The standard InChI is InChI=1S/C28H25ClN2O3/c1-18-25(30-28(34-18)21-7-5-8-23(16-21)33-2)17-26(32)31-15-14-19-6-3-4-9-24(19)27(31)20-10-12-22(29)13-11-20/h3-13,16,27H,14-15,17H2,1-2H3/t27-/m1/s1. The Morgan fingerprint density at radius 1 is 1.12 bits per heavy atom. The lowest BCUT2D eigenvalue weighted by atomic mass is 9.88. The largest absolute Gasteiger partial charge is 0.497 e. The van der Waals surface area contributed by atoms with Gasteiger partial charge < -0.3 is 14.1 Å². The van der Waals surface area contributed by atoms with Crippen LogP contribution in [-0.2, 0) is 17.6 Å². The van der Waals surface area contributed by atoms with E-state index in [0.717, 1.165) is 28.9 Å². The maximum atomic E-state index is 13.6. The smallest absolute Gasteiger partial charge is 0.229 e. The highest BCUT2D eigenvalue weighted by molar-refractivity contribution is 6.30. The van der Waals surface area contributed by atoms with Crippen LogP contribution >= 0.6 is 11.6 Å². The van der Waals surface area contributed by atoms with E-state index in [0.29, 0.717) is 28.9 Å². The number of carbonyl (C=O) groups excluding carboxylic acids is 1. The minimum Gasteiger partial charge on any atom is -0.497 e. The van der Waals surface area contributed by atoms with E-state index >= 15 is 0 Å². The molecule has 0 aliphatic carbocycles. The van der Waals surface area contributed by atoms with Crippen LogP contribution in [0.2, 0.25) is 5.02 Å². The molecule has 0 saturated heterocycles. The summed E-state index contributed by atoms with van der Waals surface area (Å²) in [6.45, 7) is 2.49. The molecule has 6 heteroatoms. The molecule has 0 radical (unpaired) electrons. The van der Waals surface area contributed by atoms with E-state index in [1.54, 1.807) is 7.11 Å². The second-order valence-corrected chi connectivity index (χ2v) is 8.86. The molecule has 2 heterocycles. The number of rotatable bonds is 5. The molecule has 1 aliphatic rings. The lowest BCUT2D eigenvalue weighted by Gasteiger charge is -2.38. The predicted octanol–water partition coefficient (Wildman–Crippen LogP) is 6.03. The van der Waals surface area contributed by atoms with E-state index < -0.39 is 0 Å². The minimum atomic E-state index is -0.167. The fourth-order valence-corrected chi connectivity index (χ4v) is 4.68. The van der Waals surface area contributed by atoms with Gasteiger partial charge in [0.1, 0.15) is 11.5 Å². The first-order valence-electron chi connectivity index (χ1n) is 11.3. The highest BCUT2D eigenvalue weighted by Crippen LogP contribution is 2.36. The average molecular weight is 473 g/mol. The zero-order valence-electron chi connectivity index (χ0n) is 19.1. The van der Waals surface area contributed by atoms with Crippen LogP contribution in [0, 0.1) is 6.92 Å². The van der Waals surface area contributed by atoms with Gasteiger partial charge in [-0.15, -0.1) is 0 Å². The van der Waals surface area contributed by atoms with Crippen LogP contribution in [0.4, 0.5) is 0 Å². The van der Waals surface area contributed by atoms with Crippen LogP contribution in [0.3, 0.4) is 0 Å². The molecule has 0 saturated carbocycles. The fourth-order valence-electron chi connectivity index (χ4n) is 4.56. The van der Waals surface area contributed by atoms with Gasteiger partial charge in [0.15, 0.2) is 0 Å². The maximum absolute atomic E-state index is 13.6. The molecule has 5 rings (SSSR count). The van der Waals surface area contributed by atoms with Gasteiger partial charge in [0, 0.05) is 17.1 Å². The lowest BCUT2D eigenvalue weighted by Crippen LogP contribution is -2.41. The van der Waals surface area contributed by atoms with Crippen molar-refractivity contribution in [3.05, 3.63) is 106 Å². The first kappa shape index (κ1) is 22.2. The molecule has 0 bridgehead atoms. The van der Waals surface area contributed by atoms with E-state index in [4.69, 9.17) is 20.8 Å². The van der Waals surface area contributed by atoms with Crippen molar-refractivity contribution >= 4 is 17.5 Å². The third-order valence-corrected chi connectivity index (χ3v) is 6.57. The van der Waals surface area contributed by atoms with Crippen molar-refractivity contribution in [2.24, 2.45) is 0 Å². The third kappa shape index (κ3) is 4.31.